The molecule has 0 aromatic heterocycles. The van der Waals surface area contributed by atoms with E-state index in [1.54, 1.807) is 13.0 Å². The summed E-state index contributed by atoms with van der Waals surface area (Å²) in [6, 6.07) is 3.94. The summed E-state index contributed by atoms with van der Waals surface area (Å²) in [6.45, 7) is 9.66. The molecule has 1 rings (SSSR count). The summed E-state index contributed by atoms with van der Waals surface area (Å²) in [5.74, 6) is 0.621. The van der Waals surface area contributed by atoms with Crippen molar-refractivity contribution in [3.8, 4) is 5.75 Å². The molecule has 1 aromatic carbocycles. The van der Waals surface area contributed by atoms with Crippen LogP contribution in [-0.2, 0) is 4.79 Å². The molecule has 4 heteroatoms. The monoisotopic (exact) mass is 311 g/mol. The van der Waals surface area contributed by atoms with E-state index in [0.29, 0.717) is 6.54 Å². The number of benzene rings is 1. The van der Waals surface area contributed by atoms with Crippen molar-refractivity contribution in [1.29, 1.82) is 0 Å². The van der Waals surface area contributed by atoms with E-state index in [9.17, 15) is 4.79 Å². The number of carbonyl (C=O) groups is 1. The lowest BCUT2D eigenvalue weighted by Crippen LogP contribution is -2.36. The lowest BCUT2D eigenvalue weighted by Gasteiger charge is -2.18. The van der Waals surface area contributed by atoms with Crippen molar-refractivity contribution in [2.24, 2.45) is 0 Å². The molecule has 0 bridgehead atoms. The van der Waals surface area contributed by atoms with Gasteiger partial charge in [-0.15, -0.1) is 6.58 Å². The molecule has 0 aliphatic rings. The van der Waals surface area contributed by atoms with Crippen molar-refractivity contribution in [3.63, 3.8) is 0 Å². The molecule has 0 aliphatic carbocycles. The highest BCUT2D eigenvalue weighted by atomic mass is 79.9. The van der Waals surface area contributed by atoms with Crippen LogP contribution in [0.3, 0.4) is 0 Å². The van der Waals surface area contributed by atoms with Crippen LogP contribution in [0, 0.1) is 13.8 Å². The first-order valence-electron chi connectivity index (χ1n) is 5.77. The van der Waals surface area contributed by atoms with E-state index in [1.165, 1.54) is 0 Å². The van der Waals surface area contributed by atoms with Crippen molar-refractivity contribution in [3.05, 3.63) is 40.4 Å². The standard InChI is InChI=1S/C14H18BrNO2/c1-5-6-16-14(17)11(4)18-13-9(2)7-12(15)8-10(13)3/h5,7-8,11H,1,6H2,2-4H3,(H,16,17)/t11-/m0/s1. The lowest BCUT2D eigenvalue weighted by atomic mass is 10.1. The van der Waals surface area contributed by atoms with Gasteiger partial charge < -0.3 is 10.1 Å². The number of hydrogen-bond donors (Lipinski definition) is 1. The van der Waals surface area contributed by atoms with Crippen LogP contribution in [0.4, 0.5) is 0 Å². The summed E-state index contributed by atoms with van der Waals surface area (Å²) in [6.07, 6.45) is 1.12. The van der Waals surface area contributed by atoms with Gasteiger partial charge in [-0.25, -0.2) is 0 Å². The fourth-order valence-electron chi connectivity index (χ4n) is 1.63. The van der Waals surface area contributed by atoms with Crippen LogP contribution in [0.5, 0.6) is 5.75 Å². The topological polar surface area (TPSA) is 38.3 Å². The minimum Gasteiger partial charge on any atom is -0.480 e. The lowest BCUT2D eigenvalue weighted by molar-refractivity contribution is -0.127. The maximum absolute atomic E-state index is 11.7. The van der Waals surface area contributed by atoms with Crippen LogP contribution in [-0.4, -0.2) is 18.6 Å². The number of rotatable bonds is 5. The van der Waals surface area contributed by atoms with Gasteiger partial charge in [-0.1, -0.05) is 22.0 Å². The summed E-state index contributed by atoms with van der Waals surface area (Å²) in [5, 5.41) is 2.71. The summed E-state index contributed by atoms with van der Waals surface area (Å²) in [7, 11) is 0. The third kappa shape index (κ3) is 3.88. The summed E-state index contributed by atoms with van der Waals surface area (Å²) in [5.41, 5.74) is 2.01. The second-order valence-corrected chi connectivity index (χ2v) is 5.08. The number of nitrogens with one attached hydrogen (secondary N) is 1. The third-order valence-electron chi connectivity index (χ3n) is 2.51. The second-order valence-electron chi connectivity index (χ2n) is 4.16. The van der Waals surface area contributed by atoms with E-state index in [1.807, 2.05) is 26.0 Å². The highest BCUT2D eigenvalue weighted by Crippen LogP contribution is 2.28. The molecule has 18 heavy (non-hydrogen) atoms. The average Bonchev–Trinajstić information content (AvgIpc) is 2.30. The Morgan fingerprint density at radius 2 is 2.06 bits per heavy atom. The molecule has 0 aliphatic heterocycles. The van der Waals surface area contributed by atoms with E-state index >= 15 is 0 Å². The zero-order chi connectivity index (χ0) is 13.7. The molecule has 98 valence electrons. The van der Waals surface area contributed by atoms with Crippen LogP contribution in [0.25, 0.3) is 0 Å². The van der Waals surface area contributed by atoms with E-state index in [4.69, 9.17) is 4.74 Å². The molecule has 1 N–H and O–H groups in total. The van der Waals surface area contributed by atoms with Crippen molar-refractivity contribution >= 4 is 21.8 Å². The van der Waals surface area contributed by atoms with Gasteiger partial charge >= 0.3 is 0 Å². The molecule has 1 atom stereocenters. The number of carbonyl (C=O) groups excluding carboxylic acids is 1. The SMILES string of the molecule is C=CCNC(=O)[C@H](C)Oc1c(C)cc(Br)cc1C. The largest absolute Gasteiger partial charge is 0.480 e. The molecule has 1 aromatic rings. The molecular weight excluding hydrogens is 294 g/mol. The maximum Gasteiger partial charge on any atom is 0.261 e. The van der Waals surface area contributed by atoms with Gasteiger partial charge in [0.1, 0.15) is 5.75 Å². The number of hydrogen-bond acceptors (Lipinski definition) is 2. The Labute approximate surface area is 116 Å². The minimum absolute atomic E-state index is 0.142. The Bertz CT molecular complexity index is 434. The van der Waals surface area contributed by atoms with Gasteiger partial charge in [0.05, 0.1) is 0 Å². The minimum atomic E-state index is -0.525. The Hall–Kier alpha value is -1.29. The van der Waals surface area contributed by atoms with Crippen molar-refractivity contribution < 1.29 is 9.53 Å². The maximum atomic E-state index is 11.7. The number of halogens is 1. The second kappa shape index (κ2) is 6.59. The fraction of sp³-hybridized carbons (Fsp3) is 0.357. The van der Waals surface area contributed by atoms with Crippen molar-refractivity contribution in [2.75, 3.05) is 6.54 Å². The number of aryl methyl sites for hydroxylation is 2. The third-order valence-corrected chi connectivity index (χ3v) is 2.97. The van der Waals surface area contributed by atoms with E-state index in [-0.39, 0.29) is 5.91 Å². The van der Waals surface area contributed by atoms with E-state index in [0.717, 1.165) is 21.3 Å². The molecule has 0 radical (unpaired) electrons. The molecule has 3 nitrogen and oxygen atoms in total. The highest BCUT2D eigenvalue weighted by molar-refractivity contribution is 9.10. The van der Waals surface area contributed by atoms with Gasteiger partial charge in [-0.05, 0) is 44.0 Å². The average molecular weight is 312 g/mol. The number of ether oxygens (including phenoxy) is 1. The van der Waals surface area contributed by atoms with Crippen LogP contribution in [0.1, 0.15) is 18.1 Å². The predicted octanol–water partition coefficient (Wildman–Crippen LogP) is 3.14. The Morgan fingerprint density at radius 3 is 2.56 bits per heavy atom. The van der Waals surface area contributed by atoms with Crippen LogP contribution in [0.15, 0.2) is 29.3 Å². The first kappa shape index (κ1) is 14.8. The quantitative estimate of drug-likeness (QED) is 0.848. The first-order valence-corrected chi connectivity index (χ1v) is 6.57. The van der Waals surface area contributed by atoms with E-state index in [2.05, 4.69) is 27.8 Å². The molecule has 1 amide bonds. The normalized spacial score (nSPS) is 11.8. The smallest absolute Gasteiger partial charge is 0.261 e. The molecule has 0 fully saturated rings. The van der Waals surface area contributed by atoms with Gasteiger partial charge in [-0.2, -0.15) is 0 Å². The van der Waals surface area contributed by atoms with Gasteiger partial charge in [0.25, 0.3) is 5.91 Å². The van der Waals surface area contributed by atoms with Gasteiger partial charge in [0.15, 0.2) is 6.10 Å². The van der Waals surface area contributed by atoms with E-state index < -0.39 is 6.10 Å². The van der Waals surface area contributed by atoms with Crippen molar-refractivity contribution in [2.45, 2.75) is 26.9 Å². The molecule has 0 heterocycles. The molecular formula is C14H18BrNO2. The van der Waals surface area contributed by atoms with Crippen LogP contribution < -0.4 is 10.1 Å². The van der Waals surface area contributed by atoms with Crippen LogP contribution >= 0.6 is 15.9 Å². The van der Waals surface area contributed by atoms with Gasteiger partial charge in [-0.3, -0.25) is 4.79 Å². The summed E-state index contributed by atoms with van der Waals surface area (Å²) in [4.78, 5) is 11.7. The summed E-state index contributed by atoms with van der Waals surface area (Å²) >= 11 is 3.43. The molecule has 0 unspecified atom stereocenters. The molecule has 0 saturated heterocycles. The Kier molecular flexibility index (Phi) is 5.41. The zero-order valence-corrected chi connectivity index (χ0v) is 12.5. The van der Waals surface area contributed by atoms with Gasteiger partial charge in [0.2, 0.25) is 0 Å². The predicted molar refractivity (Wildman–Crippen MR) is 76.9 cm³/mol. The highest BCUT2D eigenvalue weighted by Gasteiger charge is 2.16. The number of amides is 1. The summed E-state index contributed by atoms with van der Waals surface area (Å²) < 4.78 is 6.73. The van der Waals surface area contributed by atoms with Gasteiger partial charge in [0, 0.05) is 11.0 Å². The first-order chi connectivity index (χ1) is 8.45. The Balaban J connectivity index is 2.78. The van der Waals surface area contributed by atoms with Crippen LogP contribution in [0.2, 0.25) is 0 Å². The Morgan fingerprint density at radius 1 is 1.50 bits per heavy atom. The fourth-order valence-corrected chi connectivity index (χ4v) is 2.32. The molecule has 0 saturated carbocycles. The zero-order valence-electron chi connectivity index (χ0n) is 10.9. The molecule has 0 spiro atoms. The van der Waals surface area contributed by atoms with Crippen molar-refractivity contribution in [1.82, 2.24) is 5.32 Å².